The molecule has 0 N–H and O–H groups in total. The quantitative estimate of drug-likeness (QED) is 0.820. The van der Waals surface area contributed by atoms with Gasteiger partial charge in [0.15, 0.2) is 0 Å². The standard InChI is InChI=1S/C18H18BrNO/c1-20(17-11-8-14-4-2-3-5-16(14)17)18(21)12-13-6-9-15(19)10-7-13/h2-7,9-10,17H,8,11-12H2,1H3/t17-/m0/s1. The van der Waals surface area contributed by atoms with Crippen LogP contribution in [-0.4, -0.2) is 17.9 Å². The summed E-state index contributed by atoms with van der Waals surface area (Å²) in [5.41, 5.74) is 3.75. The van der Waals surface area contributed by atoms with Crippen molar-refractivity contribution in [2.45, 2.75) is 25.3 Å². The molecule has 2 aromatic carbocycles. The van der Waals surface area contributed by atoms with Gasteiger partial charge in [-0.1, -0.05) is 52.3 Å². The summed E-state index contributed by atoms with van der Waals surface area (Å²) in [6.07, 6.45) is 2.56. The fourth-order valence-electron chi connectivity index (χ4n) is 3.01. The van der Waals surface area contributed by atoms with E-state index in [4.69, 9.17) is 0 Å². The molecule has 0 aliphatic heterocycles. The maximum Gasteiger partial charge on any atom is 0.227 e. The van der Waals surface area contributed by atoms with Gasteiger partial charge < -0.3 is 4.90 Å². The fraction of sp³-hybridized carbons (Fsp3) is 0.278. The summed E-state index contributed by atoms with van der Waals surface area (Å²) in [6.45, 7) is 0. The van der Waals surface area contributed by atoms with Crippen LogP contribution in [0, 0.1) is 0 Å². The van der Waals surface area contributed by atoms with Crippen LogP contribution in [0.25, 0.3) is 0 Å². The minimum Gasteiger partial charge on any atom is -0.338 e. The van der Waals surface area contributed by atoms with E-state index in [1.54, 1.807) is 0 Å². The van der Waals surface area contributed by atoms with E-state index < -0.39 is 0 Å². The minimum absolute atomic E-state index is 0.180. The number of amides is 1. The highest BCUT2D eigenvalue weighted by Gasteiger charge is 2.28. The molecule has 3 rings (SSSR count). The fourth-order valence-corrected chi connectivity index (χ4v) is 3.28. The first-order chi connectivity index (χ1) is 10.1. The van der Waals surface area contributed by atoms with Crippen molar-refractivity contribution in [1.82, 2.24) is 4.90 Å². The van der Waals surface area contributed by atoms with Crippen LogP contribution in [0.2, 0.25) is 0 Å². The molecular formula is C18H18BrNO. The van der Waals surface area contributed by atoms with Gasteiger partial charge in [-0.2, -0.15) is 0 Å². The molecule has 0 saturated carbocycles. The molecule has 0 spiro atoms. The zero-order valence-electron chi connectivity index (χ0n) is 12.1. The topological polar surface area (TPSA) is 20.3 Å². The average Bonchev–Trinajstić information content (AvgIpc) is 2.92. The molecule has 0 unspecified atom stereocenters. The van der Waals surface area contributed by atoms with Gasteiger partial charge in [-0.15, -0.1) is 0 Å². The highest BCUT2D eigenvalue weighted by molar-refractivity contribution is 9.10. The molecule has 1 aliphatic carbocycles. The van der Waals surface area contributed by atoms with Crippen molar-refractivity contribution < 1.29 is 4.79 Å². The number of hydrogen-bond donors (Lipinski definition) is 0. The van der Waals surface area contributed by atoms with Crippen molar-refractivity contribution in [3.05, 3.63) is 69.7 Å². The van der Waals surface area contributed by atoms with Gasteiger partial charge in [-0.3, -0.25) is 4.79 Å². The lowest BCUT2D eigenvalue weighted by Gasteiger charge is -2.25. The van der Waals surface area contributed by atoms with Crippen LogP contribution >= 0.6 is 15.9 Å². The van der Waals surface area contributed by atoms with Crippen molar-refractivity contribution >= 4 is 21.8 Å². The summed E-state index contributed by atoms with van der Waals surface area (Å²) in [7, 11) is 1.92. The van der Waals surface area contributed by atoms with Crippen molar-refractivity contribution in [1.29, 1.82) is 0 Å². The molecule has 2 nitrogen and oxygen atoms in total. The Morgan fingerprint density at radius 2 is 1.90 bits per heavy atom. The van der Waals surface area contributed by atoms with Crippen molar-refractivity contribution in [3.8, 4) is 0 Å². The van der Waals surface area contributed by atoms with Crippen LogP contribution in [0.5, 0.6) is 0 Å². The lowest BCUT2D eigenvalue weighted by molar-refractivity contribution is -0.131. The number of nitrogens with zero attached hydrogens (tertiary/aromatic N) is 1. The summed E-state index contributed by atoms with van der Waals surface area (Å²) in [6, 6.07) is 16.6. The first kappa shape index (κ1) is 14.3. The summed E-state index contributed by atoms with van der Waals surface area (Å²) in [4.78, 5) is 14.4. The molecule has 1 aliphatic rings. The molecule has 0 fully saturated rings. The van der Waals surface area contributed by atoms with Crippen LogP contribution in [0.15, 0.2) is 53.0 Å². The van der Waals surface area contributed by atoms with Crippen molar-refractivity contribution in [2.24, 2.45) is 0 Å². The minimum atomic E-state index is 0.180. The smallest absolute Gasteiger partial charge is 0.227 e. The molecule has 0 aromatic heterocycles. The Hall–Kier alpha value is -1.61. The summed E-state index contributed by atoms with van der Waals surface area (Å²) < 4.78 is 1.04. The van der Waals surface area contributed by atoms with Gasteiger partial charge in [0.1, 0.15) is 0 Å². The molecular weight excluding hydrogens is 326 g/mol. The Morgan fingerprint density at radius 1 is 1.19 bits per heavy atom. The second kappa shape index (κ2) is 6.02. The Kier molecular flexibility index (Phi) is 4.11. The van der Waals surface area contributed by atoms with E-state index in [-0.39, 0.29) is 11.9 Å². The number of fused-ring (bicyclic) bond motifs is 1. The van der Waals surface area contributed by atoms with E-state index in [0.29, 0.717) is 6.42 Å². The first-order valence-electron chi connectivity index (χ1n) is 7.23. The molecule has 21 heavy (non-hydrogen) atoms. The summed E-state index contributed by atoms with van der Waals surface area (Å²) >= 11 is 3.42. The molecule has 1 amide bonds. The number of benzene rings is 2. The third-order valence-corrected chi connectivity index (χ3v) is 4.76. The van der Waals surface area contributed by atoms with Crippen LogP contribution in [0.4, 0.5) is 0 Å². The first-order valence-corrected chi connectivity index (χ1v) is 8.02. The van der Waals surface area contributed by atoms with Gasteiger partial charge in [0.25, 0.3) is 0 Å². The van der Waals surface area contributed by atoms with Crippen LogP contribution in [0.3, 0.4) is 0 Å². The van der Waals surface area contributed by atoms with E-state index in [0.717, 1.165) is 22.9 Å². The summed E-state index contributed by atoms with van der Waals surface area (Å²) in [5.74, 6) is 0.180. The number of carbonyl (C=O) groups is 1. The number of carbonyl (C=O) groups excluding carboxylic acids is 1. The third kappa shape index (κ3) is 3.03. The predicted octanol–water partition coefficient (Wildman–Crippen LogP) is 4.14. The number of halogens is 1. The number of rotatable bonds is 3. The Morgan fingerprint density at radius 3 is 2.67 bits per heavy atom. The largest absolute Gasteiger partial charge is 0.338 e. The molecule has 0 saturated heterocycles. The van der Waals surface area contributed by atoms with E-state index in [1.807, 2.05) is 36.2 Å². The second-order valence-corrected chi connectivity index (χ2v) is 6.48. The van der Waals surface area contributed by atoms with Crippen molar-refractivity contribution in [3.63, 3.8) is 0 Å². The molecule has 0 heterocycles. The zero-order valence-corrected chi connectivity index (χ0v) is 13.6. The summed E-state index contributed by atoms with van der Waals surface area (Å²) in [5, 5.41) is 0. The lowest BCUT2D eigenvalue weighted by atomic mass is 10.1. The van der Waals surface area contributed by atoms with Gasteiger partial charge in [-0.05, 0) is 41.7 Å². The predicted molar refractivity (Wildman–Crippen MR) is 88.1 cm³/mol. The van der Waals surface area contributed by atoms with E-state index in [2.05, 4.69) is 40.2 Å². The van der Waals surface area contributed by atoms with Crippen molar-refractivity contribution in [2.75, 3.05) is 7.05 Å². The highest BCUT2D eigenvalue weighted by atomic mass is 79.9. The van der Waals surface area contributed by atoms with E-state index in [1.165, 1.54) is 11.1 Å². The molecule has 3 heteroatoms. The second-order valence-electron chi connectivity index (χ2n) is 5.56. The Bertz CT molecular complexity index is 651. The van der Waals surface area contributed by atoms with Crippen LogP contribution in [-0.2, 0) is 17.6 Å². The molecule has 1 atom stereocenters. The number of likely N-dealkylation sites (N-methyl/N-ethyl adjacent to an activating group) is 1. The molecule has 0 radical (unpaired) electrons. The van der Waals surface area contributed by atoms with Gasteiger partial charge >= 0.3 is 0 Å². The highest BCUT2D eigenvalue weighted by Crippen LogP contribution is 2.35. The van der Waals surface area contributed by atoms with Gasteiger partial charge in [0, 0.05) is 11.5 Å². The van der Waals surface area contributed by atoms with E-state index >= 15 is 0 Å². The maximum atomic E-state index is 12.5. The lowest BCUT2D eigenvalue weighted by Crippen LogP contribution is -2.31. The molecule has 108 valence electrons. The number of hydrogen-bond acceptors (Lipinski definition) is 1. The maximum absolute atomic E-state index is 12.5. The van der Waals surface area contributed by atoms with Crippen LogP contribution in [0.1, 0.15) is 29.2 Å². The molecule has 0 bridgehead atoms. The monoisotopic (exact) mass is 343 g/mol. The zero-order chi connectivity index (χ0) is 14.8. The average molecular weight is 344 g/mol. The third-order valence-electron chi connectivity index (χ3n) is 4.23. The Balaban J connectivity index is 1.72. The molecule has 2 aromatic rings. The van der Waals surface area contributed by atoms with Gasteiger partial charge in [0.05, 0.1) is 12.5 Å². The van der Waals surface area contributed by atoms with E-state index in [9.17, 15) is 4.79 Å². The Labute approximate surface area is 133 Å². The number of aryl methyl sites for hydroxylation is 1. The normalized spacial score (nSPS) is 16.6. The SMILES string of the molecule is CN(C(=O)Cc1ccc(Br)cc1)[C@H]1CCc2ccccc21. The van der Waals surface area contributed by atoms with Crippen LogP contribution < -0.4 is 0 Å². The van der Waals surface area contributed by atoms with Gasteiger partial charge in [0.2, 0.25) is 5.91 Å². The van der Waals surface area contributed by atoms with Gasteiger partial charge in [-0.25, -0.2) is 0 Å².